The number of H-pyrrole nitrogens is 1. The molecule has 0 aliphatic carbocycles. The van der Waals surface area contributed by atoms with Crippen molar-refractivity contribution in [3.63, 3.8) is 0 Å². The van der Waals surface area contributed by atoms with Gasteiger partial charge in [0.25, 0.3) is 0 Å². The SMILES string of the molecule is Cc1ccc(Cl)c2c(C=O)c(-c3ccc(C(C)C)cc3)[nH]c12. The van der Waals surface area contributed by atoms with Crippen LogP contribution in [0, 0.1) is 6.92 Å². The highest BCUT2D eigenvalue weighted by molar-refractivity contribution is 6.37. The van der Waals surface area contributed by atoms with Gasteiger partial charge in [-0.1, -0.05) is 55.8 Å². The Hall–Kier alpha value is -2.06. The Morgan fingerprint density at radius 1 is 1.09 bits per heavy atom. The summed E-state index contributed by atoms with van der Waals surface area (Å²) in [6, 6.07) is 12.1. The molecule has 3 heteroatoms. The smallest absolute Gasteiger partial charge is 0.152 e. The van der Waals surface area contributed by atoms with Crippen LogP contribution in [-0.4, -0.2) is 11.3 Å². The molecule has 1 N–H and O–H groups in total. The Morgan fingerprint density at radius 2 is 1.77 bits per heavy atom. The number of rotatable bonds is 3. The van der Waals surface area contributed by atoms with Crippen molar-refractivity contribution in [1.82, 2.24) is 4.98 Å². The molecule has 0 unspecified atom stereocenters. The van der Waals surface area contributed by atoms with Crippen molar-refractivity contribution >= 4 is 28.8 Å². The van der Waals surface area contributed by atoms with Crippen molar-refractivity contribution in [3.05, 3.63) is 58.1 Å². The van der Waals surface area contributed by atoms with Gasteiger partial charge in [0.1, 0.15) is 0 Å². The van der Waals surface area contributed by atoms with Crippen molar-refractivity contribution in [3.8, 4) is 11.3 Å². The molecule has 0 amide bonds. The summed E-state index contributed by atoms with van der Waals surface area (Å²) in [6.07, 6.45) is 0.885. The van der Waals surface area contributed by atoms with E-state index in [2.05, 4.69) is 43.1 Å². The molecule has 1 aromatic heterocycles. The second-order valence-electron chi connectivity index (χ2n) is 5.92. The van der Waals surface area contributed by atoms with Gasteiger partial charge in [-0.3, -0.25) is 4.79 Å². The van der Waals surface area contributed by atoms with E-state index in [1.165, 1.54) is 5.56 Å². The van der Waals surface area contributed by atoms with Crippen LogP contribution in [0.5, 0.6) is 0 Å². The summed E-state index contributed by atoms with van der Waals surface area (Å²) < 4.78 is 0. The number of nitrogens with one attached hydrogen (secondary N) is 1. The molecular weight excluding hydrogens is 294 g/mol. The minimum absolute atomic E-state index is 0.485. The Bertz CT molecular complexity index is 844. The number of hydrogen-bond acceptors (Lipinski definition) is 1. The predicted octanol–water partition coefficient (Wildman–Crippen LogP) is 5.73. The first-order valence-corrected chi connectivity index (χ1v) is 7.77. The lowest BCUT2D eigenvalue weighted by atomic mass is 9.99. The number of aldehydes is 1. The van der Waals surface area contributed by atoms with Gasteiger partial charge in [0.2, 0.25) is 0 Å². The molecule has 22 heavy (non-hydrogen) atoms. The van der Waals surface area contributed by atoms with E-state index in [1.807, 2.05) is 19.1 Å². The average Bonchev–Trinajstić information content (AvgIpc) is 2.92. The average molecular weight is 312 g/mol. The zero-order chi connectivity index (χ0) is 15.9. The molecule has 1 heterocycles. The number of carbonyl (C=O) groups excluding carboxylic acids is 1. The molecule has 0 saturated carbocycles. The Labute approximate surface area is 135 Å². The normalized spacial score (nSPS) is 11.3. The van der Waals surface area contributed by atoms with Gasteiger partial charge in [0.05, 0.1) is 16.2 Å². The fourth-order valence-corrected chi connectivity index (χ4v) is 3.06. The minimum Gasteiger partial charge on any atom is -0.354 e. The van der Waals surface area contributed by atoms with Crippen molar-refractivity contribution in [1.29, 1.82) is 0 Å². The summed E-state index contributed by atoms with van der Waals surface area (Å²) in [7, 11) is 0. The minimum atomic E-state index is 0.485. The van der Waals surface area contributed by atoms with Gasteiger partial charge in [0.15, 0.2) is 6.29 Å². The van der Waals surface area contributed by atoms with E-state index < -0.39 is 0 Å². The molecule has 112 valence electrons. The number of carbonyl (C=O) groups is 1. The van der Waals surface area contributed by atoms with E-state index in [0.717, 1.165) is 34.0 Å². The van der Waals surface area contributed by atoms with Crippen LogP contribution in [0.1, 0.15) is 41.3 Å². The number of benzene rings is 2. The lowest BCUT2D eigenvalue weighted by Gasteiger charge is -2.06. The van der Waals surface area contributed by atoms with Gasteiger partial charge >= 0.3 is 0 Å². The summed E-state index contributed by atoms with van der Waals surface area (Å²) in [5.41, 5.74) is 5.74. The zero-order valence-corrected chi connectivity index (χ0v) is 13.7. The third-order valence-corrected chi connectivity index (χ3v) is 4.45. The predicted molar refractivity (Wildman–Crippen MR) is 93.0 cm³/mol. The quantitative estimate of drug-likeness (QED) is 0.615. The van der Waals surface area contributed by atoms with E-state index in [0.29, 0.717) is 16.5 Å². The third-order valence-electron chi connectivity index (χ3n) is 4.14. The first kappa shape index (κ1) is 14.9. The van der Waals surface area contributed by atoms with Gasteiger partial charge < -0.3 is 4.98 Å². The molecule has 0 atom stereocenters. The Balaban J connectivity index is 2.24. The van der Waals surface area contributed by atoms with E-state index in [-0.39, 0.29) is 0 Å². The van der Waals surface area contributed by atoms with Crippen LogP contribution in [0.2, 0.25) is 5.02 Å². The highest BCUT2D eigenvalue weighted by atomic mass is 35.5. The van der Waals surface area contributed by atoms with E-state index in [4.69, 9.17) is 11.6 Å². The summed E-state index contributed by atoms with van der Waals surface area (Å²) in [5, 5.41) is 1.41. The first-order chi connectivity index (χ1) is 10.5. The molecule has 0 saturated heterocycles. The zero-order valence-electron chi connectivity index (χ0n) is 12.9. The summed E-state index contributed by atoms with van der Waals surface area (Å²) in [6.45, 7) is 6.34. The molecule has 0 radical (unpaired) electrons. The van der Waals surface area contributed by atoms with Crippen LogP contribution in [0.3, 0.4) is 0 Å². The van der Waals surface area contributed by atoms with Crippen LogP contribution < -0.4 is 0 Å². The molecule has 2 nitrogen and oxygen atoms in total. The van der Waals surface area contributed by atoms with Gasteiger partial charge in [-0.2, -0.15) is 0 Å². The van der Waals surface area contributed by atoms with Crippen molar-refractivity contribution in [2.45, 2.75) is 26.7 Å². The number of aromatic amines is 1. The Morgan fingerprint density at radius 3 is 2.36 bits per heavy atom. The molecule has 0 aliphatic heterocycles. The van der Waals surface area contributed by atoms with Crippen molar-refractivity contribution in [2.75, 3.05) is 0 Å². The number of hydrogen-bond donors (Lipinski definition) is 1. The lowest BCUT2D eigenvalue weighted by Crippen LogP contribution is -1.88. The molecule has 0 fully saturated rings. The van der Waals surface area contributed by atoms with Crippen molar-refractivity contribution < 1.29 is 4.79 Å². The maximum Gasteiger partial charge on any atom is 0.152 e. The molecule has 0 aliphatic rings. The van der Waals surface area contributed by atoms with E-state index in [9.17, 15) is 4.79 Å². The molecule has 0 spiro atoms. The van der Waals surface area contributed by atoms with Gasteiger partial charge in [-0.15, -0.1) is 0 Å². The number of aromatic nitrogens is 1. The lowest BCUT2D eigenvalue weighted by molar-refractivity contribution is 0.112. The number of halogens is 1. The maximum absolute atomic E-state index is 11.6. The van der Waals surface area contributed by atoms with E-state index >= 15 is 0 Å². The maximum atomic E-state index is 11.6. The van der Waals surface area contributed by atoms with Crippen LogP contribution >= 0.6 is 11.6 Å². The van der Waals surface area contributed by atoms with E-state index in [1.54, 1.807) is 0 Å². The van der Waals surface area contributed by atoms with Crippen molar-refractivity contribution in [2.24, 2.45) is 0 Å². The number of fused-ring (bicyclic) bond motifs is 1. The summed E-state index contributed by atoms with van der Waals surface area (Å²) in [5.74, 6) is 0.485. The first-order valence-electron chi connectivity index (χ1n) is 7.39. The second kappa shape index (κ2) is 5.62. The van der Waals surface area contributed by atoms with Gasteiger partial charge in [0, 0.05) is 10.9 Å². The molecule has 3 aromatic rings. The fourth-order valence-electron chi connectivity index (χ4n) is 2.80. The third kappa shape index (κ3) is 2.34. The van der Waals surface area contributed by atoms with Gasteiger partial charge in [-0.25, -0.2) is 0 Å². The molecule has 2 aromatic carbocycles. The largest absolute Gasteiger partial charge is 0.354 e. The fraction of sp³-hybridized carbons (Fsp3) is 0.211. The Kier molecular flexibility index (Phi) is 3.79. The van der Waals surface area contributed by atoms with Crippen LogP contribution in [0.15, 0.2) is 36.4 Å². The second-order valence-corrected chi connectivity index (χ2v) is 6.33. The molecule has 3 rings (SSSR count). The van der Waals surface area contributed by atoms with Crippen LogP contribution in [0.4, 0.5) is 0 Å². The summed E-state index contributed by atoms with van der Waals surface area (Å²) in [4.78, 5) is 15.0. The van der Waals surface area contributed by atoms with Crippen LogP contribution in [0.25, 0.3) is 22.2 Å². The van der Waals surface area contributed by atoms with Gasteiger partial charge in [-0.05, 0) is 35.6 Å². The van der Waals surface area contributed by atoms with Crippen LogP contribution in [-0.2, 0) is 0 Å². The summed E-state index contributed by atoms with van der Waals surface area (Å²) >= 11 is 6.30. The topological polar surface area (TPSA) is 32.9 Å². The molecule has 0 bridgehead atoms. The highest BCUT2D eigenvalue weighted by Crippen LogP contribution is 2.35. The monoisotopic (exact) mass is 311 g/mol. The number of aryl methyl sites for hydroxylation is 1. The molecular formula is C19H18ClNO. The standard InChI is InChI=1S/C19H18ClNO/c1-11(2)13-5-7-14(8-6-13)19-15(10-22)17-16(20)9-4-12(3)18(17)21-19/h4-11,21H,1-3H3. The highest BCUT2D eigenvalue weighted by Gasteiger charge is 2.16.